The van der Waals surface area contributed by atoms with E-state index >= 15 is 0 Å². The Morgan fingerprint density at radius 2 is 1.95 bits per heavy atom. The van der Waals surface area contributed by atoms with Crippen LogP contribution in [-0.2, 0) is 6.42 Å². The van der Waals surface area contributed by atoms with Gasteiger partial charge in [-0.3, -0.25) is 0 Å². The Hall–Kier alpha value is -1.94. The molecule has 0 bridgehead atoms. The number of halogens is 2. The average molecular weight is 289 g/mol. The molecule has 0 saturated carbocycles. The summed E-state index contributed by atoms with van der Waals surface area (Å²) in [4.78, 5) is 0. The molecular weight excluding hydrogens is 272 g/mol. The molecule has 0 amide bonds. The maximum absolute atomic E-state index is 13.8. The molecule has 2 unspecified atom stereocenters. The summed E-state index contributed by atoms with van der Waals surface area (Å²) in [5.41, 5.74) is 2.35. The predicted octanol–water partition coefficient (Wildman–Crippen LogP) is 3.62. The Labute approximate surface area is 122 Å². The lowest BCUT2D eigenvalue weighted by Crippen LogP contribution is -2.33. The highest BCUT2D eigenvalue weighted by Crippen LogP contribution is 2.34. The van der Waals surface area contributed by atoms with Crippen LogP contribution in [0.1, 0.15) is 24.1 Å². The average Bonchev–Trinajstić information content (AvgIpc) is 2.82. The van der Waals surface area contributed by atoms with Crippen molar-refractivity contribution in [3.8, 4) is 5.75 Å². The third-order valence-electron chi connectivity index (χ3n) is 3.80. The molecule has 2 atom stereocenters. The first-order valence-electron chi connectivity index (χ1n) is 7.12. The highest BCUT2D eigenvalue weighted by atomic mass is 19.2. The fourth-order valence-corrected chi connectivity index (χ4v) is 2.87. The van der Waals surface area contributed by atoms with Crippen LogP contribution in [0.15, 0.2) is 42.5 Å². The number of likely N-dealkylation sites (N-methyl/N-ethyl adjacent to an activating group) is 1. The minimum Gasteiger partial charge on any atom is -0.485 e. The summed E-state index contributed by atoms with van der Waals surface area (Å²) in [6.45, 7) is 2.80. The first kappa shape index (κ1) is 14.0. The molecule has 1 N–H and O–H groups in total. The number of nitrogens with one attached hydrogen (secondary N) is 1. The summed E-state index contributed by atoms with van der Waals surface area (Å²) < 4.78 is 32.8. The van der Waals surface area contributed by atoms with E-state index in [-0.39, 0.29) is 17.9 Å². The zero-order valence-electron chi connectivity index (χ0n) is 11.8. The van der Waals surface area contributed by atoms with Crippen molar-refractivity contribution < 1.29 is 13.5 Å². The van der Waals surface area contributed by atoms with E-state index in [9.17, 15) is 8.78 Å². The van der Waals surface area contributed by atoms with Gasteiger partial charge >= 0.3 is 0 Å². The van der Waals surface area contributed by atoms with Crippen LogP contribution in [0.25, 0.3) is 0 Å². The van der Waals surface area contributed by atoms with Crippen LogP contribution in [0, 0.1) is 11.6 Å². The Bertz CT molecular complexity index is 644. The van der Waals surface area contributed by atoms with Gasteiger partial charge in [0.25, 0.3) is 0 Å². The topological polar surface area (TPSA) is 21.3 Å². The second kappa shape index (κ2) is 5.82. The second-order valence-electron chi connectivity index (χ2n) is 5.15. The van der Waals surface area contributed by atoms with Crippen molar-refractivity contribution in [2.75, 3.05) is 6.54 Å². The van der Waals surface area contributed by atoms with Gasteiger partial charge in [0, 0.05) is 6.42 Å². The van der Waals surface area contributed by atoms with Crippen LogP contribution in [-0.4, -0.2) is 12.6 Å². The molecule has 0 fully saturated rings. The molecule has 3 rings (SSSR count). The first-order chi connectivity index (χ1) is 10.2. The Kier molecular flexibility index (Phi) is 3.88. The van der Waals surface area contributed by atoms with Crippen LogP contribution in [0.5, 0.6) is 5.75 Å². The standard InChI is InChI=1S/C17H17F2NO/c1-2-20-17-12-7-4-3-6-11(12)10-15(17)21-14-9-5-8-13(18)16(14)19/h3-9,15,17,20H,2,10H2,1H3. The fourth-order valence-electron chi connectivity index (χ4n) is 2.87. The molecule has 2 aromatic carbocycles. The zero-order valence-corrected chi connectivity index (χ0v) is 11.8. The molecule has 110 valence electrons. The van der Waals surface area contributed by atoms with Gasteiger partial charge in [-0.05, 0) is 29.8 Å². The van der Waals surface area contributed by atoms with Crippen molar-refractivity contribution in [1.82, 2.24) is 5.32 Å². The van der Waals surface area contributed by atoms with E-state index < -0.39 is 11.6 Å². The second-order valence-corrected chi connectivity index (χ2v) is 5.15. The third kappa shape index (κ3) is 2.63. The van der Waals surface area contributed by atoms with Gasteiger partial charge in [0.05, 0.1) is 6.04 Å². The van der Waals surface area contributed by atoms with Crippen molar-refractivity contribution in [1.29, 1.82) is 0 Å². The number of hydrogen-bond acceptors (Lipinski definition) is 2. The van der Waals surface area contributed by atoms with Crippen LogP contribution >= 0.6 is 0 Å². The van der Waals surface area contributed by atoms with Crippen molar-refractivity contribution in [3.05, 3.63) is 65.2 Å². The van der Waals surface area contributed by atoms with Gasteiger partial charge < -0.3 is 10.1 Å². The highest BCUT2D eigenvalue weighted by Gasteiger charge is 2.33. The molecule has 2 nitrogen and oxygen atoms in total. The number of ether oxygens (including phenoxy) is 1. The van der Waals surface area contributed by atoms with Gasteiger partial charge in [-0.1, -0.05) is 37.3 Å². The molecular formula is C17H17F2NO. The number of hydrogen-bond donors (Lipinski definition) is 1. The number of rotatable bonds is 4. The summed E-state index contributed by atoms with van der Waals surface area (Å²) in [6, 6.07) is 12.1. The quantitative estimate of drug-likeness (QED) is 0.928. The van der Waals surface area contributed by atoms with E-state index in [1.807, 2.05) is 31.2 Å². The Morgan fingerprint density at radius 1 is 1.14 bits per heavy atom. The minimum atomic E-state index is -0.927. The van der Waals surface area contributed by atoms with Crippen LogP contribution in [0.2, 0.25) is 0 Å². The molecule has 21 heavy (non-hydrogen) atoms. The molecule has 0 radical (unpaired) electrons. The van der Waals surface area contributed by atoms with E-state index in [0.29, 0.717) is 6.42 Å². The fraction of sp³-hybridized carbons (Fsp3) is 0.294. The van der Waals surface area contributed by atoms with Crippen molar-refractivity contribution in [3.63, 3.8) is 0 Å². The normalized spacial score (nSPS) is 20.3. The molecule has 4 heteroatoms. The molecule has 1 aliphatic rings. The molecule has 0 heterocycles. The number of fused-ring (bicyclic) bond motifs is 1. The summed E-state index contributed by atoms with van der Waals surface area (Å²) in [7, 11) is 0. The van der Waals surface area contributed by atoms with Crippen molar-refractivity contribution in [2.45, 2.75) is 25.5 Å². The van der Waals surface area contributed by atoms with E-state index in [1.54, 1.807) is 0 Å². The molecule has 0 aromatic heterocycles. The van der Waals surface area contributed by atoms with Gasteiger partial charge in [-0.25, -0.2) is 4.39 Å². The summed E-state index contributed by atoms with van der Waals surface area (Å²) >= 11 is 0. The van der Waals surface area contributed by atoms with E-state index in [0.717, 1.165) is 12.6 Å². The van der Waals surface area contributed by atoms with Crippen LogP contribution in [0.3, 0.4) is 0 Å². The monoisotopic (exact) mass is 289 g/mol. The van der Waals surface area contributed by atoms with Gasteiger partial charge in [0.1, 0.15) is 6.10 Å². The summed E-state index contributed by atoms with van der Waals surface area (Å²) in [6.07, 6.45) is 0.447. The maximum Gasteiger partial charge on any atom is 0.200 e. The van der Waals surface area contributed by atoms with Gasteiger partial charge in [-0.2, -0.15) is 4.39 Å². The lowest BCUT2D eigenvalue weighted by atomic mass is 10.1. The molecule has 2 aromatic rings. The van der Waals surface area contributed by atoms with E-state index in [2.05, 4.69) is 5.32 Å². The Balaban J connectivity index is 1.87. The number of benzene rings is 2. The summed E-state index contributed by atoms with van der Waals surface area (Å²) in [5.74, 6) is -1.84. The largest absolute Gasteiger partial charge is 0.485 e. The molecule has 0 aliphatic heterocycles. The lowest BCUT2D eigenvalue weighted by Gasteiger charge is -2.23. The van der Waals surface area contributed by atoms with Gasteiger partial charge in [0.15, 0.2) is 11.6 Å². The summed E-state index contributed by atoms with van der Waals surface area (Å²) in [5, 5.41) is 3.36. The zero-order chi connectivity index (χ0) is 14.8. The van der Waals surface area contributed by atoms with Crippen molar-refractivity contribution >= 4 is 0 Å². The Morgan fingerprint density at radius 3 is 2.76 bits per heavy atom. The predicted molar refractivity (Wildman–Crippen MR) is 77.3 cm³/mol. The minimum absolute atomic E-state index is 0.00568. The smallest absolute Gasteiger partial charge is 0.200 e. The van der Waals surface area contributed by atoms with Crippen LogP contribution < -0.4 is 10.1 Å². The lowest BCUT2D eigenvalue weighted by molar-refractivity contribution is 0.159. The SMILES string of the molecule is CCNC1c2ccccc2CC1Oc1cccc(F)c1F. The van der Waals surface area contributed by atoms with Gasteiger partial charge in [-0.15, -0.1) is 0 Å². The first-order valence-corrected chi connectivity index (χ1v) is 7.12. The molecule has 0 saturated heterocycles. The van der Waals surface area contributed by atoms with Crippen molar-refractivity contribution in [2.24, 2.45) is 0 Å². The highest BCUT2D eigenvalue weighted by molar-refractivity contribution is 5.37. The van der Waals surface area contributed by atoms with E-state index in [4.69, 9.17) is 4.74 Å². The van der Waals surface area contributed by atoms with E-state index in [1.165, 1.54) is 23.3 Å². The molecule has 0 spiro atoms. The molecule has 1 aliphatic carbocycles. The van der Waals surface area contributed by atoms with Gasteiger partial charge in [0.2, 0.25) is 5.82 Å². The van der Waals surface area contributed by atoms with Crippen LogP contribution in [0.4, 0.5) is 8.78 Å². The third-order valence-corrected chi connectivity index (χ3v) is 3.80. The maximum atomic E-state index is 13.8.